The van der Waals surface area contributed by atoms with Gasteiger partial charge in [-0.25, -0.2) is 0 Å². The molecule has 1 aromatic heterocycles. The molecule has 0 radical (unpaired) electrons. The van der Waals surface area contributed by atoms with Gasteiger partial charge in [0.1, 0.15) is 0 Å². The number of aliphatic hydroxyl groups excluding tert-OH is 1. The summed E-state index contributed by atoms with van der Waals surface area (Å²) in [4.78, 5) is 12.6. The van der Waals surface area contributed by atoms with Crippen molar-refractivity contribution in [3.05, 3.63) is 51.9 Å². The van der Waals surface area contributed by atoms with E-state index in [1.807, 2.05) is 30.3 Å². The van der Waals surface area contributed by atoms with E-state index in [1.165, 1.54) is 11.3 Å². The maximum Gasteiger partial charge on any atom is 0.251 e. The van der Waals surface area contributed by atoms with Crippen molar-refractivity contribution in [2.24, 2.45) is 5.73 Å². The van der Waals surface area contributed by atoms with Crippen molar-refractivity contribution in [3.8, 4) is 0 Å². The summed E-state index contributed by atoms with van der Waals surface area (Å²) in [6.45, 7) is 0.0835. The highest BCUT2D eigenvalue weighted by atomic mass is 32.1. The van der Waals surface area contributed by atoms with Gasteiger partial charge in [-0.1, -0.05) is 30.3 Å². The van der Waals surface area contributed by atoms with Crippen LogP contribution in [-0.2, 0) is 18.3 Å². The summed E-state index contributed by atoms with van der Waals surface area (Å²) in [7, 11) is 0. The van der Waals surface area contributed by atoms with Gasteiger partial charge < -0.3 is 16.6 Å². The molecule has 1 aliphatic carbocycles. The molecule has 0 saturated heterocycles. The molecule has 3 rings (SSSR count). The van der Waals surface area contributed by atoms with Gasteiger partial charge in [0.15, 0.2) is 0 Å². The first-order valence-corrected chi connectivity index (χ1v) is 7.75. The number of primary amides is 1. The minimum atomic E-state index is -0.457. The average Bonchev–Trinajstić information content (AvgIpc) is 2.82. The van der Waals surface area contributed by atoms with Gasteiger partial charge in [0.2, 0.25) is 0 Å². The maximum atomic E-state index is 11.6. The van der Waals surface area contributed by atoms with E-state index in [9.17, 15) is 9.90 Å². The van der Waals surface area contributed by atoms with E-state index >= 15 is 0 Å². The largest absolute Gasteiger partial charge is 0.395 e. The quantitative estimate of drug-likeness (QED) is 0.808. The molecule has 2 aromatic rings. The lowest BCUT2D eigenvalue weighted by Gasteiger charge is -2.36. The first-order chi connectivity index (χ1) is 10.1. The number of amides is 1. The fourth-order valence-corrected chi connectivity index (χ4v) is 4.50. The lowest BCUT2D eigenvalue weighted by Crippen LogP contribution is -2.37. The number of nitrogen functional groups attached to an aromatic ring is 1. The number of benzene rings is 1. The van der Waals surface area contributed by atoms with E-state index in [2.05, 4.69) is 0 Å². The van der Waals surface area contributed by atoms with Crippen molar-refractivity contribution in [1.82, 2.24) is 0 Å². The summed E-state index contributed by atoms with van der Waals surface area (Å²) in [5.41, 5.74) is 13.7. The van der Waals surface area contributed by atoms with E-state index in [0.29, 0.717) is 17.0 Å². The first-order valence-electron chi connectivity index (χ1n) is 6.93. The summed E-state index contributed by atoms with van der Waals surface area (Å²) >= 11 is 1.42. The molecule has 0 bridgehead atoms. The third-order valence-corrected chi connectivity index (χ3v) is 5.47. The minimum absolute atomic E-state index is 0.0835. The molecule has 0 spiro atoms. The molecule has 21 heavy (non-hydrogen) atoms. The second kappa shape index (κ2) is 5.16. The molecular formula is C16H18N2O2S. The predicted molar refractivity (Wildman–Crippen MR) is 84.5 cm³/mol. The zero-order chi connectivity index (χ0) is 15.0. The van der Waals surface area contributed by atoms with Crippen LogP contribution in [0.25, 0.3) is 0 Å². The summed E-state index contributed by atoms with van der Waals surface area (Å²) < 4.78 is 0. The van der Waals surface area contributed by atoms with Crippen molar-refractivity contribution in [1.29, 1.82) is 0 Å². The summed E-state index contributed by atoms with van der Waals surface area (Å²) in [6, 6.07) is 10.0. The number of thiophene rings is 1. The van der Waals surface area contributed by atoms with Crippen molar-refractivity contribution in [2.75, 3.05) is 12.3 Å². The maximum absolute atomic E-state index is 11.6. The second-order valence-corrected chi connectivity index (χ2v) is 6.73. The lowest BCUT2D eigenvalue weighted by atomic mass is 9.70. The fourth-order valence-electron chi connectivity index (χ4n) is 3.24. The minimum Gasteiger partial charge on any atom is -0.395 e. The molecule has 1 atom stereocenters. The van der Waals surface area contributed by atoms with Crippen molar-refractivity contribution in [3.63, 3.8) is 0 Å². The highest BCUT2D eigenvalue weighted by molar-refractivity contribution is 7.16. The van der Waals surface area contributed by atoms with Crippen LogP contribution in [-0.4, -0.2) is 17.6 Å². The van der Waals surface area contributed by atoms with Gasteiger partial charge in [-0.05, 0) is 30.4 Å². The topological polar surface area (TPSA) is 89.3 Å². The standard InChI is InChI=1S/C16H18N2O2S/c17-14(20)13-11-6-7-16(9-19,8-12(11)21-15(13)18)10-4-2-1-3-5-10/h1-5,19H,6-9,18H2,(H2,17,20). The third-order valence-electron chi connectivity index (χ3n) is 4.41. The predicted octanol–water partition coefficient (Wildman–Crippen LogP) is 1.85. The Morgan fingerprint density at radius 1 is 1.33 bits per heavy atom. The van der Waals surface area contributed by atoms with Gasteiger partial charge in [0.25, 0.3) is 5.91 Å². The zero-order valence-corrected chi connectivity index (χ0v) is 12.5. The molecule has 1 heterocycles. The van der Waals surface area contributed by atoms with Crippen LogP contribution in [0.2, 0.25) is 0 Å². The van der Waals surface area contributed by atoms with Crippen LogP contribution in [0.5, 0.6) is 0 Å². The molecule has 1 unspecified atom stereocenters. The average molecular weight is 302 g/mol. The summed E-state index contributed by atoms with van der Waals surface area (Å²) in [5.74, 6) is -0.457. The van der Waals surface area contributed by atoms with E-state index in [4.69, 9.17) is 11.5 Å². The number of rotatable bonds is 3. The number of fused-ring (bicyclic) bond motifs is 1. The highest BCUT2D eigenvalue weighted by Crippen LogP contribution is 2.44. The molecule has 0 fully saturated rings. The Kier molecular flexibility index (Phi) is 3.47. The Morgan fingerprint density at radius 3 is 2.67 bits per heavy atom. The fraction of sp³-hybridized carbons (Fsp3) is 0.312. The van der Waals surface area contributed by atoms with E-state index in [-0.39, 0.29) is 12.0 Å². The molecule has 1 aromatic carbocycles. The summed E-state index contributed by atoms with van der Waals surface area (Å²) in [6.07, 6.45) is 2.21. The Morgan fingerprint density at radius 2 is 2.05 bits per heavy atom. The Hall–Kier alpha value is -1.85. The smallest absolute Gasteiger partial charge is 0.251 e. The Balaban J connectivity index is 2.04. The molecule has 0 aliphatic heterocycles. The van der Waals surface area contributed by atoms with Crippen LogP contribution in [0.15, 0.2) is 30.3 Å². The van der Waals surface area contributed by atoms with Gasteiger partial charge in [-0.2, -0.15) is 0 Å². The molecule has 4 nitrogen and oxygen atoms in total. The number of carbonyl (C=O) groups is 1. The highest BCUT2D eigenvalue weighted by Gasteiger charge is 2.38. The van der Waals surface area contributed by atoms with Crippen LogP contribution in [0.4, 0.5) is 5.00 Å². The van der Waals surface area contributed by atoms with Crippen molar-refractivity contribution < 1.29 is 9.90 Å². The first kappa shape index (κ1) is 14.1. The Bertz CT molecular complexity index is 681. The van der Waals surface area contributed by atoms with Crippen LogP contribution in [0, 0.1) is 0 Å². The number of anilines is 1. The van der Waals surface area contributed by atoms with Crippen LogP contribution in [0.1, 0.15) is 32.8 Å². The summed E-state index contributed by atoms with van der Waals surface area (Å²) in [5, 5.41) is 10.5. The molecule has 1 aliphatic rings. The molecule has 1 amide bonds. The monoisotopic (exact) mass is 302 g/mol. The van der Waals surface area contributed by atoms with Crippen molar-refractivity contribution in [2.45, 2.75) is 24.7 Å². The molecule has 0 saturated carbocycles. The van der Waals surface area contributed by atoms with Crippen molar-refractivity contribution >= 4 is 22.2 Å². The van der Waals surface area contributed by atoms with Crippen LogP contribution >= 0.6 is 11.3 Å². The van der Waals surface area contributed by atoms with Gasteiger partial charge >= 0.3 is 0 Å². The van der Waals surface area contributed by atoms with Gasteiger partial charge in [-0.3, -0.25) is 4.79 Å². The number of hydrogen-bond donors (Lipinski definition) is 3. The number of nitrogens with two attached hydrogens (primary N) is 2. The molecule has 110 valence electrons. The van der Waals surface area contributed by atoms with Gasteiger partial charge in [0.05, 0.1) is 17.2 Å². The number of hydrogen-bond acceptors (Lipinski definition) is 4. The van der Waals surface area contributed by atoms with Crippen LogP contribution in [0.3, 0.4) is 0 Å². The van der Waals surface area contributed by atoms with Gasteiger partial charge in [-0.15, -0.1) is 11.3 Å². The van der Waals surface area contributed by atoms with Gasteiger partial charge in [0, 0.05) is 10.3 Å². The van der Waals surface area contributed by atoms with E-state index < -0.39 is 5.91 Å². The van der Waals surface area contributed by atoms with Crippen LogP contribution < -0.4 is 11.5 Å². The third kappa shape index (κ3) is 2.22. The lowest BCUT2D eigenvalue weighted by molar-refractivity contribution is 0.1000. The normalized spacial score (nSPS) is 21.0. The SMILES string of the molecule is NC(=O)c1c(N)sc2c1CCC(CO)(c1ccccc1)C2. The van der Waals surface area contributed by atoms with E-state index in [1.54, 1.807) is 0 Å². The zero-order valence-electron chi connectivity index (χ0n) is 11.6. The number of aliphatic hydroxyl groups is 1. The second-order valence-electron chi connectivity index (χ2n) is 5.59. The molecular weight excluding hydrogens is 284 g/mol. The van der Waals surface area contributed by atoms with E-state index in [0.717, 1.165) is 28.8 Å². The molecule has 5 N–H and O–H groups in total. The molecule has 5 heteroatoms. The Labute approximate surface area is 127 Å². The number of carbonyl (C=O) groups excluding carboxylic acids is 1.